The van der Waals surface area contributed by atoms with Crippen molar-refractivity contribution in [1.82, 2.24) is 4.90 Å². The van der Waals surface area contributed by atoms with Gasteiger partial charge in [0.15, 0.2) is 0 Å². The lowest BCUT2D eigenvalue weighted by Gasteiger charge is -2.34. The van der Waals surface area contributed by atoms with Crippen LogP contribution in [0.4, 0.5) is 17.1 Å². The number of carbonyl (C=O) groups is 3. The van der Waals surface area contributed by atoms with Crippen molar-refractivity contribution in [3.63, 3.8) is 0 Å². The molecule has 5 atom stereocenters. The molecule has 3 fully saturated rings. The van der Waals surface area contributed by atoms with Gasteiger partial charge in [0, 0.05) is 41.4 Å². The van der Waals surface area contributed by atoms with Gasteiger partial charge in [-0.1, -0.05) is 18.2 Å². The van der Waals surface area contributed by atoms with E-state index in [0.717, 1.165) is 25.2 Å². The number of nitrogens with one attached hydrogen (secondary N) is 2. The van der Waals surface area contributed by atoms with Gasteiger partial charge in [0.05, 0.1) is 23.2 Å². The molecule has 38 heavy (non-hydrogen) atoms. The Hall–Kier alpha value is -3.04. The molecular formula is C29H36N4O4S. The molecule has 3 aliphatic heterocycles. The van der Waals surface area contributed by atoms with Crippen LogP contribution in [0.5, 0.6) is 0 Å². The van der Waals surface area contributed by atoms with Crippen molar-refractivity contribution in [2.45, 2.75) is 49.1 Å². The van der Waals surface area contributed by atoms with E-state index < -0.39 is 27.4 Å². The number of β-amino-alcohol motifs (C(OH)–C–C–N with tert-alkyl or cyclic N) is 1. The Morgan fingerprint density at radius 1 is 1.00 bits per heavy atom. The van der Waals surface area contributed by atoms with E-state index >= 15 is 0 Å². The molecule has 1 spiro atoms. The largest absolute Gasteiger partial charge is 0.395 e. The highest BCUT2D eigenvalue weighted by molar-refractivity contribution is 8.02. The fourth-order valence-electron chi connectivity index (χ4n) is 6.77. The van der Waals surface area contributed by atoms with E-state index in [1.54, 1.807) is 11.8 Å². The number of fused-ring (bicyclic) bond motifs is 1. The lowest BCUT2D eigenvalue weighted by atomic mass is 9.66. The minimum Gasteiger partial charge on any atom is -0.395 e. The summed E-state index contributed by atoms with van der Waals surface area (Å²) in [5, 5.41) is 15.8. The fourth-order valence-corrected chi connectivity index (χ4v) is 9.13. The third-order valence-corrected chi connectivity index (χ3v) is 10.4. The van der Waals surface area contributed by atoms with Crippen LogP contribution >= 0.6 is 11.8 Å². The second-order valence-electron chi connectivity index (χ2n) is 10.5. The van der Waals surface area contributed by atoms with E-state index in [1.807, 2.05) is 61.5 Å². The average Bonchev–Trinajstić information content (AvgIpc) is 3.47. The highest BCUT2D eigenvalue weighted by Crippen LogP contribution is 2.71. The minimum absolute atomic E-state index is 0.0559. The van der Waals surface area contributed by atoms with Crippen molar-refractivity contribution in [2.75, 3.05) is 41.8 Å². The first-order chi connectivity index (χ1) is 18.3. The second-order valence-corrected chi connectivity index (χ2v) is 12.4. The molecule has 2 aromatic carbocycles. The number of para-hydroxylation sites is 1. The maximum absolute atomic E-state index is 13.9. The van der Waals surface area contributed by atoms with Crippen LogP contribution in [-0.4, -0.2) is 69.5 Å². The number of hydrogen-bond acceptors (Lipinski definition) is 6. The summed E-state index contributed by atoms with van der Waals surface area (Å²) in [7, 11) is 0. The molecule has 0 saturated carbocycles. The van der Waals surface area contributed by atoms with Crippen LogP contribution in [0.25, 0.3) is 0 Å². The Morgan fingerprint density at radius 3 is 2.26 bits per heavy atom. The van der Waals surface area contributed by atoms with Crippen molar-refractivity contribution < 1.29 is 19.5 Å². The topological polar surface area (TPSA) is 102 Å². The molecule has 202 valence electrons. The summed E-state index contributed by atoms with van der Waals surface area (Å²) >= 11 is 1.62. The standard InChI is InChI=1S/C29H36N4O4S/c1-4-32(5-2)21-13-11-20(12-14-21)31-26(36)24-29-16-15-28(3,38-29)22(23(29)27(37)33(24)17-18-34)25(35)30-19-9-7-6-8-10-19/h6-14,22-24,34H,4-5,15-18H2,1-3H3,(H,30,35)(H,31,36)/t22-,23+,24?,28+,29?/m1/s1. The van der Waals surface area contributed by atoms with E-state index in [4.69, 9.17) is 0 Å². The van der Waals surface area contributed by atoms with Gasteiger partial charge in [0.1, 0.15) is 6.04 Å². The minimum atomic E-state index is -0.768. The molecule has 3 saturated heterocycles. The van der Waals surface area contributed by atoms with Crippen molar-refractivity contribution in [2.24, 2.45) is 11.8 Å². The first kappa shape index (κ1) is 26.6. The summed E-state index contributed by atoms with van der Waals surface area (Å²) < 4.78 is -1.17. The number of likely N-dealkylation sites (tertiary alicyclic amines) is 1. The Morgan fingerprint density at radius 2 is 1.63 bits per heavy atom. The van der Waals surface area contributed by atoms with Gasteiger partial charge in [-0.2, -0.15) is 0 Å². The summed E-state index contributed by atoms with van der Waals surface area (Å²) in [6.07, 6.45) is 1.41. The lowest BCUT2D eigenvalue weighted by Crippen LogP contribution is -2.52. The number of carbonyl (C=O) groups excluding carboxylic acids is 3. The number of nitrogens with zero attached hydrogens (tertiary/aromatic N) is 2. The number of hydrogen-bond donors (Lipinski definition) is 3. The number of benzene rings is 2. The van der Waals surface area contributed by atoms with Crippen molar-refractivity contribution in [3.8, 4) is 0 Å². The maximum atomic E-state index is 13.9. The molecular weight excluding hydrogens is 500 g/mol. The van der Waals surface area contributed by atoms with E-state index in [0.29, 0.717) is 17.8 Å². The SMILES string of the molecule is CCN(CC)c1ccc(NC(=O)C2N(CCO)C(=O)[C@@H]3[C@H](C(=O)Nc4ccccc4)[C@]4(C)CCC23S4)cc1. The molecule has 3 N–H and O–H groups in total. The van der Waals surface area contributed by atoms with Crippen LogP contribution in [0.15, 0.2) is 54.6 Å². The Balaban J connectivity index is 1.43. The molecule has 0 aliphatic carbocycles. The van der Waals surface area contributed by atoms with Crippen LogP contribution < -0.4 is 15.5 Å². The number of aliphatic hydroxyl groups excluding tert-OH is 1. The molecule has 3 amide bonds. The number of rotatable bonds is 9. The third kappa shape index (κ3) is 4.25. The summed E-state index contributed by atoms with van der Waals surface area (Å²) in [5.41, 5.74) is 2.42. The van der Waals surface area contributed by atoms with Crippen LogP contribution in [0.3, 0.4) is 0 Å². The first-order valence-corrected chi connectivity index (χ1v) is 14.2. The molecule has 9 heteroatoms. The molecule has 8 nitrogen and oxygen atoms in total. The van der Waals surface area contributed by atoms with E-state index in [9.17, 15) is 19.5 Å². The zero-order chi connectivity index (χ0) is 27.1. The molecule has 3 aliphatic rings. The smallest absolute Gasteiger partial charge is 0.248 e. The van der Waals surface area contributed by atoms with Gasteiger partial charge in [0.2, 0.25) is 17.7 Å². The summed E-state index contributed by atoms with van der Waals surface area (Å²) in [5.74, 6) is -1.88. The summed E-state index contributed by atoms with van der Waals surface area (Å²) in [6.45, 7) is 7.83. The van der Waals surface area contributed by atoms with Crippen molar-refractivity contribution in [3.05, 3.63) is 54.6 Å². The molecule has 5 rings (SSSR count). The van der Waals surface area contributed by atoms with Crippen molar-refractivity contribution in [1.29, 1.82) is 0 Å². The van der Waals surface area contributed by atoms with Crippen molar-refractivity contribution >= 4 is 46.5 Å². The highest BCUT2D eigenvalue weighted by atomic mass is 32.2. The third-order valence-electron chi connectivity index (χ3n) is 8.45. The quantitative estimate of drug-likeness (QED) is 0.453. The van der Waals surface area contributed by atoms with Crippen LogP contribution in [0, 0.1) is 11.8 Å². The average molecular weight is 537 g/mol. The Bertz CT molecular complexity index is 1200. The van der Waals surface area contributed by atoms with Crippen LogP contribution in [0.2, 0.25) is 0 Å². The Labute approximate surface area is 228 Å². The monoisotopic (exact) mass is 536 g/mol. The van der Waals surface area contributed by atoms with Crippen LogP contribution in [0.1, 0.15) is 33.6 Å². The van der Waals surface area contributed by atoms with Gasteiger partial charge in [-0.05, 0) is 70.0 Å². The molecule has 2 bridgehead atoms. The first-order valence-electron chi connectivity index (χ1n) is 13.4. The molecule has 3 heterocycles. The van der Waals surface area contributed by atoms with Gasteiger partial charge in [-0.25, -0.2) is 0 Å². The maximum Gasteiger partial charge on any atom is 0.248 e. The van der Waals surface area contributed by atoms with Crippen LogP contribution in [-0.2, 0) is 14.4 Å². The predicted molar refractivity (Wildman–Crippen MR) is 151 cm³/mol. The Kier molecular flexibility index (Phi) is 7.17. The summed E-state index contributed by atoms with van der Waals surface area (Å²) in [4.78, 5) is 45.1. The molecule has 2 aromatic rings. The number of anilines is 3. The highest BCUT2D eigenvalue weighted by Gasteiger charge is 2.77. The second kappa shape index (κ2) is 10.3. The lowest BCUT2D eigenvalue weighted by molar-refractivity contribution is -0.139. The number of amides is 3. The predicted octanol–water partition coefficient (Wildman–Crippen LogP) is 3.58. The summed E-state index contributed by atoms with van der Waals surface area (Å²) in [6, 6.07) is 16.2. The van der Waals surface area contributed by atoms with Gasteiger partial charge < -0.3 is 25.5 Å². The zero-order valence-electron chi connectivity index (χ0n) is 22.1. The van der Waals surface area contributed by atoms with Gasteiger partial charge >= 0.3 is 0 Å². The molecule has 0 radical (unpaired) electrons. The van der Waals surface area contributed by atoms with E-state index in [-0.39, 0.29) is 30.9 Å². The number of thioether (sulfide) groups is 1. The molecule has 2 unspecified atom stereocenters. The number of aliphatic hydroxyl groups is 1. The fraction of sp³-hybridized carbons (Fsp3) is 0.483. The molecule has 0 aromatic heterocycles. The van der Waals surface area contributed by atoms with E-state index in [2.05, 4.69) is 29.4 Å². The van der Waals surface area contributed by atoms with Gasteiger partial charge in [-0.3, -0.25) is 14.4 Å². The normalized spacial score (nSPS) is 29.3. The van der Waals surface area contributed by atoms with Gasteiger partial charge in [-0.15, -0.1) is 11.8 Å². The zero-order valence-corrected chi connectivity index (χ0v) is 23.0. The van der Waals surface area contributed by atoms with E-state index in [1.165, 1.54) is 4.90 Å². The van der Waals surface area contributed by atoms with Gasteiger partial charge in [0.25, 0.3) is 0 Å².